The summed E-state index contributed by atoms with van der Waals surface area (Å²) in [5.41, 5.74) is 8.40. The zero-order chi connectivity index (χ0) is 18.4. The minimum atomic E-state index is -0.111. The van der Waals surface area contributed by atoms with Crippen LogP contribution in [0.25, 0.3) is 0 Å². The lowest BCUT2D eigenvalue weighted by atomic mass is 10.1. The van der Waals surface area contributed by atoms with Crippen LogP contribution in [-0.2, 0) is 6.42 Å². The van der Waals surface area contributed by atoms with Gasteiger partial charge in [-0.05, 0) is 55.2 Å². The van der Waals surface area contributed by atoms with E-state index in [-0.39, 0.29) is 5.91 Å². The summed E-state index contributed by atoms with van der Waals surface area (Å²) in [6.45, 7) is 2.45. The monoisotopic (exact) mass is 370 g/mol. The molecular formula is C20H23ClN4O. The van der Waals surface area contributed by atoms with Crippen LogP contribution in [-0.4, -0.2) is 36.4 Å². The number of amides is 1. The van der Waals surface area contributed by atoms with E-state index in [1.807, 2.05) is 36.4 Å². The molecule has 1 aliphatic heterocycles. The van der Waals surface area contributed by atoms with Crippen molar-refractivity contribution < 1.29 is 4.79 Å². The van der Waals surface area contributed by atoms with Crippen molar-refractivity contribution in [2.75, 3.05) is 19.6 Å². The van der Waals surface area contributed by atoms with Crippen LogP contribution in [0.2, 0.25) is 5.02 Å². The molecule has 26 heavy (non-hydrogen) atoms. The molecule has 0 atom stereocenters. The number of nitrogens with zero attached hydrogens (tertiary/aromatic N) is 2. The van der Waals surface area contributed by atoms with Crippen molar-refractivity contribution >= 4 is 29.2 Å². The topological polar surface area (TPSA) is 70.7 Å². The summed E-state index contributed by atoms with van der Waals surface area (Å²) >= 11 is 6.12. The number of hydrogen-bond acceptors (Lipinski definition) is 2. The van der Waals surface area contributed by atoms with E-state index in [0.717, 1.165) is 42.2 Å². The highest BCUT2D eigenvalue weighted by atomic mass is 35.5. The Hall–Kier alpha value is -2.53. The molecule has 2 aromatic carbocycles. The van der Waals surface area contributed by atoms with Gasteiger partial charge < -0.3 is 16.0 Å². The van der Waals surface area contributed by atoms with Crippen LogP contribution >= 0.6 is 11.6 Å². The van der Waals surface area contributed by atoms with E-state index in [1.165, 1.54) is 0 Å². The first-order chi connectivity index (χ1) is 12.6. The number of carbonyl (C=O) groups excluding carboxylic acids is 1. The molecule has 1 saturated heterocycles. The Kier molecular flexibility index (Phi) is 6.12. The average Bonchev–Trinajstić information content (AvgIpc) is 3.19. The van der Waals surface area contributed by atoms with E-state index in [9.17, 15) is 4.79 Å². The summed E-state index contributed by atoms with van der Waals surface area (Å²) < 4.78 is 0. The molecule has 0 spiro atoms. The van der Waals surface area contributed by atoms with Crippen LogP contribution in [0, 0.1) is 0 Å². The minimum Gasteiger partial charge on any atom is -0.369 e. The normalized spacial score (nSPS) is 14.5. The van der Waals surface area contributed by atoms with Gasteiger partial charge in [0.05, 0.1) is 5.69 Å². The highest BCUT2D eigenvalue weighted by Crippen LogP contribution is 2.16. The maximum atomic E-state index is 12.2. The standard InChI is InChI=1S/C20H23ClN4O/c21-18-6-2-1-5-15(18)11-12-23-19(26)16-7-9-17(10-8-16)24-20(22)25-13-3-4-14-25/h1-2,5-10H,3-4,11-14H2,(H2,22,24)(H,23,26). The van der Waals surface area contributed by atoms with E-state index < -0.39 is 0 Å². The quantitative estimate of drug-likeness (QED) is 0.626. The Labute approximate surface area is 158 Å². The van der Waals surface area contributed by atoms with E-state index in [4.69, 9.17) is 17.3 Å². The van der Waals surface area contributed by atoms with Gasteiger partial charge >= 0.3 is 0 Å². The van der Waals surface area contributed by atoms with Crippen molar-refractivity contribution in [1.82, 2.24) is 10.2 Å². The van der Waals surface area contributed by atoms with Crippen molar-refractivity contribution in [2.24, 2.45) is 10.7 Å². The molecular weight excluding hydrogens is 348 g/mol. The van der Waals surface area contributed by atoms with E-state index in [0.29, 0.717) is 24.5 Å². The van der Waals surface area contributed by atoms with E-state index >= 15 is 0 Å². The molecule has 3 N–H and O–H groups in total. The molecule has 0 aliphatic carbocycles. The van der Waals surface area contributed by atoms with Crippen LogP contribution < -0.4 is 11.1 Å². The zero-order valence-corrected chi connectivity index (χ0v) is 15.4. The summed E-state index contributed by atoms with van der Waals surface area (Å²) in [7, 11) is 0. The van der Waals surface area contributed by atoms with Gasteiger partial charge in [-0.1, -0.05) is 29.8 Å². The van der Waals surface area contributed by atoms with E-state index in [1.54, 1.807) is 12.1 Å². The largest absolute Gasteiger partial charge is 0.369 e. The van der Waals surface area contributed by atoms with Gasteiger partial charge in [0.25, 0.3) is 5.91 Å². The summed E-state index contributed by atoms with van der Waals surface area (Å²) in [5.74, 6) is 0.430. The summed E-state index contributed by atoms with van der Waals surface area (Å²) in [6.07, 6.45) is 3.01. The average molecular weight is 371 g/mol. The molecule has 0 aromatic heterocycles. The minimum absolute atomic E-state index is 0.111. The van der Waals surface area contributed by atoms with Crippen LogP contribution in [0.4, 0.5) is 5.69 Å². The van der Waals surface area contributed by atoms with Gasteiger partial charge in [-0.15, -0.1) is 0 Å². The predicted octanol–water partition coefficient (Wildman–Crippen LogP) is 3.35. The molecule has 1 amide bonds. The molecule has 136 valence electrons. The number of rotatable bonds is 5. The number of nitrogens with two attached hydrogens (primary N) is 1. The third-order valence-electron chi connectivity index (χ3n) is 4.44. The zero-order valence-electron chi connectivity index (χ0n) is 14.6. The third kappa shape index (κ3) is 4.76. The second-order valence-electron chi connectivity index (χ2n) is 6.31. The molecule has 3 rings (SSSR count). The van der Waals surface area contributed by atoms with Gasteiger partial charge in [0.1, 0.15) is 0 Å². The fourth-order valence-electron chi connectivity index (χ4n) is 2.95. The maximum absolute atomic E-state index is 12.2. The van der Waals surface area contributed by atoms with Crippen molar-refractivity contribution in [3.63, 3.8) is 0 Å². The number of nitrogens with one attached hydrogen (secondary N) is 1. The SMILES string of the molecule is NC(=Nc1ccc(C(=O)NCCc2ccccc2Cl)cc1)N1CCCC1. The number of benzene rings is 2. The lowest BCUT2D eigenvalue weighted by molar-refractivity contribution is 0.0954. The first-order valence-corrected chi connectivity index (χ1v) is 9.22. The Morgan fingerprint density at radius 3 is 2.50 bits per heavy atom. The molecule has 6 heteroatoms. The number of carbonyl (C=O) groups is 1. The van der Waals surface area contributed by atoms with Gasteiger partial charge in [0.15, 0.2) is 5.96 Å². The molecule has 1 aliphatic rings. The lowest BCUT2D eigenvalue weighted by Crippen LogP contribution is -2.34. The fraction of sp³-hybridized carbons (Fsp3) is 0.300. The van der Waals surface area contributed by atoms with Crippen LogP contribution in [0.1, 0.15) is 28.8 Å². The molecule has 5 nitrogen and oxygen atoms in total. The third-order valence-corrected chi connectivity index (χ3v) is 4.81. The van der Waals surface area contributed by atoms with Gasteiger partial charge in [-0.3, -0.25) is 4.79 Å². The Morgan fingerprint density at radius 2 is 1.81 bits per heavy atom. The molecule has 0 unspecified atom stereocenters. The first kappa shape index (κ1) is 18.3. The second kappa shape index (κ2) is 8.72. The number of likely N-dealkylation sites (tertiary alicyclic amines) is 1. The fourth-order valence-corrected chi connectivity index (χ4v) is 3.18. The van der Waals surface area contributed by atoms with Gasteiger partial charge in [-0.2, -0.15) is 0 Å². The van der Waals surface area contributed by atoms with Crippen LogP contribution in [0.15, 0.2) is 53.5 Å². The van der Waals surface area contributed by atoms with Crippen molar-refractivity contribution in [2.45, 2.75) is 19.3 Å². The van der Waals surface area contributed by atoms with Gasteiger partial charge in [0.2, 0.25) is 0 Å². The molecule has 0 bridgehead atoms. The number of hydrogen-bond donors (Lipinski definition) is 2. The van der Waals surface area contributed by atoms with Crippen molar-refractivity contribution in [3.05, 3.63) is 64.7 Å². The highest BCUT2D eigenvalue weighted by molar-refractivity contribution is 6.31. The van der Waals surface area contributed by atoms with Crippen molar-refractivity contribution in [3.8, 4) is 0 Å². The molecule has 0 radical (unpaired) electrons. The van der Waals surface area contributed by atoms with E-state index in [2.05, 4.69) is 15.2 Å². The Bertz CT molecular complexity index is 783. The second-order valence-corrected chi connectivity index (χ2v) is 6.72. The molecule has 2 aromatic rings. The molecule has 1 heterocycles. The van der Waals surface area contributed by atoms with Crippen molar-refractivity contribution in [1.29, 1.82) is 0 Å². The number of halogens is 1. The Balaban J connectivity index is 1.53. The molecule has 1 fully saturated rings. The Morgan fingerprint density at radius 1 is 1.12 bits per heavy atom. The summed E-state index contributed by atoms with van der Waals surface area (Å²) in [5, 5.41) is 3.64. The predicted molar refractivity (Wildman–Crippen MR) is 106 cm³/mol. The number of aliphatic imine (C=N–C) groups is 1. The molecule has 0 saturated carbocycles. The van der Waals surface area contributed by atoms with Gasteiger partial charge in [-0.25, -0.2) is 4.99 Å². The first-order valence-electron chi connectivity index (χ1n) is 8.84. The van der Waals surface area contributed by atoms with Gasteiger partial charge in [0, 0.05) is 30.2 Å². The van der Waals surface area contributed by atoms with Crippen LogP contribution in [0.3, 0.4) is 0 Å². The highest BCUT2D eigenvalue weighted by Gasteiger charge is 2.13. The lowest BCUT2D eigenvalue weighted by Gasteiger charge is -2.15. The smallest absolute Gasteiger partial charge is 0.251 e. The summed E-state index contributed by atoms with van der Waals surface area (Å²) in [4.78, 5) is 18.8. The van der Waals surface area contributed by atoms with Crippen LogP contribution in [0.5, 0.6) is 0 Å². The maximum Gasteiger partial charge on any atom is 0.251 e. The summed E-state index contributed by atoms with van der Waals surface area (Å²) in [6, 6.07) is 14.8. The number of guanidine groups is 1.